The van der Waals surface area contributed by atoms with Crippen LogP contribution in [0.1, 0.15) is 44.7 Å². The van der Waals surface area contributed by atoms with E-state index in [1.165, 1.54) is 11.1 Å². The Kier molecular flexibility index (Phi) is 7.70. The lowest BCUT2D eigenvalue weighted by Crippen LogP contribution is -2.55. The standard InChI is InChI=1S/C22H31N3O2.C2H4O2/c1-15(2)11-20-19(12-18-13-23-14-21(26)25(18)20)22(27)24-9-7-16-5-3-4-6-17(16)8-10-24;1-2(3)4/h3-6,15,18-20,23H,7-14H2,1-2H3;1H3,(H,3,4)/t18-,19-,20-;/m1./s1. The summed E-state index contributed by atoms with van der Waals surface area (Å²) in [6.45, 7) is 8.25. The Balaban J connectivity index is 0.000000628. The predicted molar refractivity (Wildman–Crippen MR) is 119 cm³/mol. The van der Waals surface area contributed by atoms with Gasteiger partial charge in [-0.05, 0) is 42.7 Å². The van der Waals surface area contributed by atoms with Crippen molar-refractivity contribution in [3.05, 3.63) is 35.4 Å². The van der Waals surface area contributed by atoms with Crippen molar-refractivity contribution in [1.29, 1.82) is 0 Å². The highest BCUT2D eigenvalue weighted by molar-refractivity contribution is 5.85. The molecule has 2 saturated heterocycles. The first kappa shape index (κ1) is 23.3. The summed E-state index contributed by atoms with van der Waals surface area (Å²) < 4.78 is 0. The molecule has 31 heavy (non-hydrogen) atoms. The number of amides is 2. The van der Waals surface area contributed by atoms with Gasteiger partial charge in [0.1, 0.15) is 0 Å². The van der Waals surface area contributed by atoms with Crippen molar-refractivity contribution in [3.63, 3.8) is 0 Å². The summed E-state index contributed by atoms with van der Waals surface area (Å²) in [6.07, 6.45) is 3.57. The lowest BCUT2D eigenvalue weighted by molar-refractivity contribution is -0.139. The minimum Gasteiger partial charge on any atom is -0.481 e. The Morgan fingerprint density at radius 2 is 1.74 bits per heavy atom. The lowest BCUT2D eigenvalue weighted by atomic mass is 9.90. The Labute approximate surface area is 184 Å². The Bertz CT molecular complexity index is 779. The zero-order chi connectivity index (χ0) is 22.5. The Morgan fingerprint density at radius 3 is 2.29 bits per heavy atom. The van der Waals surface area contributed by atoms with Crippen molar-refractivity contribution in [3.8, 4) is 0 Å². The van der Waals surface area contributed by atoms with Crippen LogP contribution in [0.2, 0.25) is 0 Å². The van der Waals surface area contributed by atoms with Gasteiger partial charge in [0.2, 0.25) is 11.8 Å². The molecule has 3 aliphatic rings. The van der Waals surface area contributed by atoms with Gasteiger partial charge in [-0.3, -0.25) is 14.4 Å². The number of hydrogen-bond acceptors (Lipinski definition) is 4. The molecular weight excluding hydrogens is 394 g/mol. The molecule has 3 aliphatic heterocycles. The molecule has 4 rings (SSSR count). The second-order valence-electron chi connectivity index (χ2n) is 9.24. The van der Waals surface area contributed by atoms with Gasteiger partial charge in [0.25, 0.3) is 5.97 Å². The summed E-state index contributed by atoms with van der Waals surface area (Å²) in [4.78, 5) is 39.2. The number of aliphatic carboxylic acids is 1. The average molecular weight is 430 g/mol. The van der Waals surface area contributed by atoms with E-state index in [4.69, 9.17) is 9.90 Å². The highest BCUT2D eigenvalue weighted by Gasteiger charge is 2.48. The quantitative estimate of drug-likeness (QED) is 0.767. The molecule has 7 nitrogen and oxygen atoms in total. The second kappa shape index (κ2) is 10.3. The van der Waals surface area contributed by atoms with E-state index in [1.807, 2.05) is 4.90 Å². The maximum atomic E-state index is 13.5. The number of hydrogen-bond donors (Lipinski definition) is 2. The summed E-state index contributed by atoms with van der Waals surface area (Å²) >= 11 is 0. The summed E-state index contributed by atoms with van der Waals surface area (Å²) in [5, 5.41) is 10.6. The minimum absolute atomic E-state index is 0.0533. The number of carboxylic acid groups (broad SMARTS) is 1. The number of piperazine rings is 1. The third-order valence-electron chi connectivity index (χ3n) is 6.45. The van der Waals surface area contributed by atoms with Gasteiger partial charge in [-0.25, -0.2) is 0 Å². The molecule has 2 amide bonds. The summed E-state index contributed by atoms with van der Waals surface area (Å²) in [5.74, 6) is 0.00807. The molecule has 0 saturated carbocycles. The molecule has 7 heteroatoms. The molecule has 170 valence electrons. The van der Waals surface area contributed by atoms with E-state index in [0.29, 0.717) is 12.5 Å². The molecular formula is C24H35N3O4. The van der Waals surface area contributed by atoms with E-state index in [0.717, 1.165) is 52.2 Å². The number of carboxylic acids is 1. The van der Waals surface area contributed by atoms with Gasteiger partial charge < -0.3 is 20.2 Å². The molecule has 0 aliphatic carbocycles. The number of carbonyl (C=O) groups is 3. The Hall–Kier alpha value is -2.41. The normalized spacial score (nSPS) is 25.3. The van der Waals surface area contributed by atoms with Crippen LogP contribution in [-0.4, -0.2) is 71.0 Å². The fraction of sp³-hybridized carbons (Fsp3) is 0.625. The van der Waals surface area contributed by atoms with Crippen LogP contribution in [0.5, 0.6) is 0 Å². The van der Waals surface area contributed by atoms with E-state index in [1.54, 1.807) is 0 Å². The van der Waals surface area contributed by atoms with E-state index in [9.17, 15) is 9.59 Å². The molecule has 0 aromatic heterocycles. The fourth-order valence-electron chi connectivity index (χ4n) is 5.18. The summed E-state index contributed by atoms with van der Waals surface area (Å²) in [7, 11) is 0. The van der Waals surface area contributed by atoms with Gasteiger partial charge in [-0.1, -0.05) is 38.1 Å². The summed E-state index contributed by atoms with van der Waals surface area (Å²) in [5.41, 5.74) is 2.74. The number of nitrogens with one attached hydrogen (secondary N) is 1. The zero-order valence-corrected chi connectivity index (χ0v) is 18.8. The van der Waals surface area contributed by atoms with Crippen LogP contribution in [0, 0.1) is 11.8 Å². The lowest BCUT2D eigenvalue weighted by Gasteiger charge is -2.36. The topological polar surface area (TPSA) is 90.0 Å². The van der Waals surface area contributed by atoms with Crippen molar-refractivity contribution in [2.75, 3.05) is 26.2 Å². The largest absolute Gasteiger partial charge is 0.481 e. The van der Waals surface area contributed by atoms with Crippen LogP contribution in [-0.2, 0) is 27.2 Å². The van der Waals surface area contributed by atoms with Gasteiger partial charge in [-0.2, -0.15) is 0 Å². The number of rotatable bonds is 3. The van der Waals surface area contributed by atoms with Gasteiger partial charge in [-0.15, -0.1) is 0 Å². The molecule has 1 aromatic carbocycles. The minimum atomic E-state index is -0.833. The van der Waals surface area contributed by atoms with Gasteiger partial charge in [0.05, 0.1) is 12.5 Å². The summed E-state index contributed by atoms with van der Waals surface area (Å²) in [6, 6.07) is 8.78. The van der Waals surface area contributed by atoms with Crippen LogP contribution < -0.4 is 5.32 Å². The SMILES string of the molecule is CC(=O)O.CC(C)C[C@@H]1[C@H](C(=O)N2CCc3ccccc3CC2)C[C@@H]2CNCC(=O)N21. The van der Waals surface area contributed by atoms with Gasteiger partial charge >= 0.3 is 0 Å². The van der Waals surface area contributed by atoms with Crippen molar-refractivity contribution in [2.24, 2.45) is 11.8 Å². The van der Waals surface area contributed by atoms with Crippen LogP contribution in [0.15, 0.2) is 24.3 Å². The predicted octanol–water partition coefficient (Wildman–Crippen LogP) is 1.94. The molecule has 0 unspecified atom stereocenters. The molecule has 2 fully saturated rings. The van der Waals surface area contributed by atoms with Crippen molar-refractivity contribution >= 4 is 17.8 Å². The van der Waals surface area contributed by atoms with E-state index in [2.05, 4.69) is 48.3 Å². The maximum absolute atomic E-state index is 13.5. The first-order valence-electron chi connectivity index (χ1n) is 11.3. The molecule has 0 radical (unpaired) electrons. The third-order valence-corrected chi connectivity index (χ3v) is 6.45. The number of benzene rings is 1. The third kappa shape index (κ3) is 5.64. The van der Waals surface area contributed by atoms with Crippen molar-refractivity contribution in [1.82, 2.24) is 15.1 Å². The maximum Gasteiger partial charge on any atom is 0.300 e. The van der Waals surface area contributed by atoms with Crippen LogP contribution >= 0.6 is 0 Å². The number of nitrogens with zero attached hydrogens (tertiary/aromatic N) is 2. The Morgan fingerprint density at radius 1 is 1.16 bits per heavy atom. The highest BCUT2D eigenvalue weighted by atomic mass is 16.4. The first-order chi connectivity index (χ1) is 14.8. The van der Waals surface area contributed by atoms with Gasteiger partial charge in [0, 0.05) is 38.6 Å². The zero-order valence-electron chi connectivity index (χ0n) is 18.8. The van der Waals surface area contributed by atoms with E-state index >= 15 is 0 Å². The fourth-order valence-corrected chi connectivity index (χ4v) is 5.18. The number of carbonyl (C=O) groups excluding carboxylic acids is 2. The van der Waals surface area contributed by atoms with E-state index in [-0.39, 0.29) is 29.8 Å². The van der Waals surface area contributed by atoms with Crippen molar-refractivity contribution in [2.45, 2.75) is 58.5 Å². The van der Waals surface area contributed by atoms with Crippen LogP contribution in [0.25, 0.3) is 0 Å². The second-order valence-corrected chi connectivity index (χ2v) is 9.24. The van der Waals surface area contributed by atoms with Crippen LogP contribution in [0.3, 0.4) is 0 Å². The molecule has 0 bridgehead atoms. The first-order valence-corrected chi connectivity index (χ1v) is 11.3. The van der Waals surface area contributed by atoms with E-state index < -0.39 is 5.97 Å². The smallest absolute Gasteiger partial charge is 0.300 e. The monoisotopic (exact) mass is 429 g/mol. The molecule has 3 atom stereocenters. The average Bonchev–Trinajstić information content (AvgIpc) is 2.92. The molecule has 2 N–H and O–H groups in total. The highest BCUT2D eigenvalue weighted by Crippen LogP contribution is 2.36. The van der Waals surface area contributed by atoms with Crippen molar-refractivity contribution < 1.29 is 19.5 Å². The van der Waals surface area contributed by atoms with Gasteiger partial charge in [0.15, 0.2) is 0 Å². The number of fused-ring (bicyclic) bond motifs is 2. The molecule has 0 spiro atoms. The van der Waals surface area contributed by atoms with Crippen LogP contribution in [0.4, 0.5) is 0 Å². The molecule has 3 heterocycles. The molecule has 1 aromatic rings.